The minimum absolute atomic E-state index is 0.145. The molecule has 0 atom stereocenters. The Kier molecular flexibility index (Phi) is 7.49. The second-order valence-corrected chi connectivity index (χ2v) is 8.28. The predicted molar refractivity (Wildman–Crippen MR) is 138 cm³/mol. The van der Waals surface area contributed by atoms with Gasteiger partial charge in [-0.2, -0.15) is 5.10 Å². The number of nitrogens with two attached hydrogens (primary N) is 1. The summed E-state index contributed by atoms with van der Waals surface area (Å²) >= 11 is 4.73. The first-order valence-corrected chi connectivity index (χ1v) is 11.3. The van der Waals surface area contributed by atoms with Gasteiger partial charge in [-0.1, -0.05) is 42.5 Å². The molecule has 1 aliphatic heterocycles. The van der Waals surface area contributed by atoms with Gasteiger partial charge in [0.1, 0.15) is 11.6 Å². The maximum Gasteiger partial charge on any atom is 0.184 e. The van der Waals surface area contributed by atoms with Crippen LogP contribution in [0.1, 0.15) is 11.1 Å². The number of nitrogens with zero attached hydrogens (tertiary/aromatic N) is 4. The molecule has 3 N–H and O–H groups in total. The van der Waals surface area contributed by atoms with E-state index < -0.39 is 0 Å². The molecule has 1 aromatic heterocycles. The summed E-state index contributed by atoms with van der Waals surface area (Å²) in [7, 11) is 1.73. The summed E-state index contributed by atoms with van der Waals surface area (Å²) in [6, 6.07) is 20.6. The molecule has 7 nitrogen and oxygen atoms in total. The number of hydrogen-bond acceptors (Lipinski definition) is 6. The molecule has 33 heavy (non-hydrogen) atoms. The third-order valence-electron chi connectivity index (χ3n) is 5.66. The Labute approximate surface area is 199 Å². The lowest BCUT2D eigenvalue weighted by Gasteiger charge is -2.35. The number of para-hydroxylation sites is 1. The molecule has 0 unspecified atom stereocenters. The number of rotatable bonds is 7. The van der Waals surface area contributed by atoms with Crippen LogP contribution >= 0.6 is 12.2 Å². The van der Waals surface area contributed by atoms with E-state index in [1.807, 2.05) is 30.5 Å². The average molecular weight is 461 g/mol. The van der Waals surface area contributed by atoms with Crippen molar-refractivity contribution in [3.05, 3.63) is 78.0 Å². The van der Waals surface area contributed by atoms with Crippen LogP contribution in [0.15, 0.2) is 72.0 Å². The highest BCUT2D eigenvalue weighted by atomic mass is 32.1. The molecule has 3 aromatic rings. The first kappa shape index (κ1) is 22.7. The van der Waals surface area contributed by atoms with Gasteiger partial charge in [-0.05, 0) is 41.5 Å². The SMILES string of the molecule is COc1ccccc1CN1CCN(c2ccc(-c3ccc(/C=N/NC(N)=S)cc3)cn2)CC1. The summed E-state index contributed by atoms with van der Waals surface area (Å²) < 4.78 is 5.49. The summed E-state index contributed by atoms with van der Waals surface area (Å²) in [5.41, 5.74) is 12.3. The maximum atomic E-state index is 5.49. The van der Waals surface area contributed by atoms with Crippen LogP contribution in [-0.4, -0.2) is 54.5 Å². The molecular weight excluding hydrogens is 432 g/mol. The molecule has 170 valence electrons. The van der Waals surface area contributed by atoms with Gasteiger partial charge in [-0.3, -0.25) is 10.3 Å². The molecule has 1 saturated heterocycles. The Hall–Kier alpha value is -3.49. The molecule has 0 saturated carbocycles. The molecule has 1 fully saturated rings. The van der Waals surface area contributed by atoms with Crippen LogP contribution < -0.4 is 20.8 Å². The van der Waals surface area contributed by atoms with Crippen molar-refractivity contribution in [1.29, 1.82) is 0 Å². The number of ether oxygens (including phenoxy) is 1. The van der Waals surface area contributed by atoms with Gasteiger partial charge in [0.05, 0.1) is 13.3 Å². The number of thiocarbonyl (C=S) groups is 1. The molecular formula is C25H28N6OS. The smallest absolute Gasteiger partial charge is 0.184 e. The van der Waals surface area contributed by atoms with E-state index in [0.717, 1.165) is 61.0 Å². The number of benzene rings is 2. The fourth-order valence-electron chi connectivity index (χ4n) is 3.89. The van der Waals surface area contributed by atoms with Gasteiger partial charge in [0.25, 0.3) is 0 Å². The Bertz CT molecular complexity index is 1090. The number of nitrogens with one attached hydrogen (secondary N) is 1. The molecule has 2 heterocycles. The normalized spacial score (nSPS) is 14.4. The fraction of sp³-hybridized carbons (Fsp3) is 0.240. The van der Waals surface area contributed by atoms with Crippen LogP contribution in [0.5, 0.6) is 5.75 Å². The molecule has 0 bridgehead atoms. The number of methoxy groups -OCH3 is 1. The number of aromatic nitrogens is 1. The summed E-state index contributed by atoms with van der Waals surface area (Å²) in [6.45, 7) is 4.80. The molecule has 8 heteroatoms. The van der Waals surface area contributed by atoms with Crippen molar-refractivity contribution in [2.45, 2.75) is 6.54 Å². The Morgan fingerprint density at radius 2 is 1.79 bits per heavy atom. The lowest BCUT2D eigenvalue weighted by molar-refractivity contribution is 0.245. The van der Waals surface area contributed by atoms with E-state index in [4.69, 9.17) is 27.7 Å². The minimum atomic E-state index is 0.145. The van der Waals surface area contributed by atoms with Gasteiger partial charge < -0.3 is 15.4 Å². The van der Waals surface area contributed by atoms with Crippen LogP contribution in [0.4, 0.5) is 5.82 Å². The van der Waals surface area contributed by atoms with Crippen molar-refractivity contribution in [3.63, 3.8) is 0 Å². The van der Waals surface area contributed by atoms with Gasteiger partial charge in [-0.15, -0.1) is 0 Å². The highest BCUT2D eigenvalue weighted by Crippen LogP contribution is 2.23. The monoisotopic (exact) mass is 460 g/mol. The van der Waals surface area contributed by atoms with Crippen molar-refractivity contribution >= 4 is 29.4 Å². The summed E-state index contributed by atoms with van der Waals surface area (Å²) in [5.74, 6) is 1.97. The van der Waals surface area contributed by atoms with Crippen molar-refractivity contribution in [2.24, 2.45) is 10.8 Å². The van der Waals surface area contributed by atoms with Gasteiger partial charge in [0, 0.05) is 50.0 Å². The third-order valence-corrected chi connectivity index (χ3v) is 5.75. The number of hydrazone groups is 1. The molecule has 1 aliphatic rings. The Balaban J connectivity index is 1.32. The van der Waals surface area contributed by atoms with Crippen molar-refractivity contribution in [2.75, 3.05) is 38.2 Å². The number of hydrogen-bond donors (Lipinski definition) is 2. The second kappa shape index (κ2) is 10.9. The van der Waals surface area contributed by atoms with Crippen molar-refractivity contribution in [1.82, 2.24) is 15.3 Å². The van der Waals surface area contributed by atoms with E-state index in [1.165, 1.54) is 5.56 Å². The number of anilines is 1. The molecule has 0 aliphatic carbocycles. The first-order valence-electron chi connectivity index (χ1n) is 10.9. The summed E-state index contributed by atoms with van der Waals surface area (Å²) in [4.78, 5) is 9.54. The molecule has 2 aromatic carbocycles. The van der Waals surface area contributed by atoms with E-state index >= 15 is 0 Å². The zero-order valence-corrected chi connectivity index (χ0v) is 19.5. The van der Waals surface area contributed by atoms with Crippen LogP contribution in [0.25, 0.3) is 11.1 Å². The highest BCUT2D eigenvalue weighted by Gasteiger charge is 2.19. The summed E-state index contributed by atoms with van der Waals surface area (Å²) in [6.07, 6.45) is 3.62. The van der Waals surface area contributed by atoms with E-state index in [-0.39, 0.29) is 5.11 Å². The molecule has 4 rings (SSSR count). The van der Waals surface area contributed by atoms with E-state index in [2.05, 4.69) is 56.7 Å². The highest BCUT2D eigenvalue weighted by molar-refractivity contribution is 7.80. The molecule has 0 radical (unpaired) electrons. The van der Waals surface area contributed by atoms with Gasteiger partial charge in [0.2, 0.25) is 0 Å². The Morgan fingerprint density at radius 3 is 2.45 bits per heavy atom. The number of piperazine rings is 1. The van der Waals surface area contributed by atoms with Crippen LogP contribution in [0.2, 0.25) is 0 Å². The maximum absolute atomic E-state index is 5.49. The molecule has 0 amide bonds. The molecule has 0 spiro atoms. The van der Waals surface area contributed by atoms with Gasteiger partial charge >= 0.3 is 0 Å². The van der Waals surface area contributed by atoms with Crippen molar-refractivity contribution < 1.29 is 4.74 Å². The standard InChI is InChI=1S/C25H28N6OS/c1-32-23-5-3-2-4-22(23)18-30-12-14-31(15-13-30)24-11-10-21(17-27-24)20-8-6-19(7-9-20)16-28-29-25(26)33/h2-11,16-17H,12-15,18H2,1H3,(H3,26,29,33)/b28-16+. The number of pyridine rings is 1. The average Bonchev–Trinajstić information content (AvgIpc) is 2.85. The van der Waals surface area contributed by atoms with E-state index in [1.54, 1.807) is 13.3 Å². The summed E-state index contributed by atoms with van der Waals surface area (Å²) in [5, 5.41) is 4.12. The fourth-order valence-corrected chi connectivity index (χ4v) is 3.94. The largest absolute Gasteiger partial charge is 0.496 e. The predicted octanol–water partition coefficient (Wildman–Crippen LogP) is 3.25. The van der Waals surface area contributed by atoms with Crippen LogP contribution in [0.3, 0.4) is 0 Å². The van der Waals surface area contributed by atoms with E-state index in [9.17, 15) is 0 Å². The minimum Gasteiger partial charge on any atom is -0.496 e. The third kappa shape index (κ3) is 6.06. The van der Waals surface area contributed by atoms with Crippen LogP contribution in [-0.2, 0) is 6.54 Å². The zero-order valence-electron chi connectivity index (χ0n) is 18.6. The second-order valence-electron chi connectivity index (χ2n) is 7.84. The van der Waals surface area contributed by atoms with E-state index in [0.29, 0.717) is 0 Å². The topological polar surface area (TPSA) is 79.0 Å². The first-order chi connectivity index (χ1) is 16.1. The lowest BCUT2D eigenvalue weighted by atomic mass is 10.1. The van der Waals surface area contributed by atoms with Crippen LogP contribution in [0, 0.1) is 0 Å². The van der Waals surface area contributed by atoms with Gasteiger partial charge in [-0.25, -0.2) is 4.98 Å². The quantitative estimate of drug-likeness (QED) is 0.318. The Morgan fingerprint density at radius 1 is 1.06 bits per heavy atom. The lowest BCUT2D eigenvalue weighted by Crippen LogP contribution is -2.46. The van der Waals surface area contributed by atoms with Gasteiger partial charge in [0.15, 0.2) is 5.11 Å². The zero-order chi connectivity index (χ0) is 23.0. The van der Waals surface area contributed by atoms with Crippen molar-refractivity contribution in [3.8, 4) is 16.9 Å².